The summed E-state index contributed by atoms with van der Waals surface area (Å²) in [6.45, 7) is 0. The Morgan fingerprint density at radius 3 is 1.45 bits per heavy atom. The van der Waals surface area contributed by atoms with Crippen LogP contribution in [0.25, 0.3) is 38.8 Å². The fraction of sp³-hybridized carbons (Fsp3) is 0.0476. The van der Waals surface area contributed by atoms with E-state index < -0.39 is 0 Å². The largest absolute Gasteiger partial charge is 0.458 e. The summed E-state index contributed by atoms with van der Waals surface area (Å²) in [5.74, 6) is 1.01. The normalized spacial score (nSPS) is 14.2. The molecule has 44 heavy (non-hydrogen) atoms. The van der Waals surface area contributed by atoms with Crippen molar-refractivity contribution in [1.29, 1.82) is 0 Å². The molecule has 0 saturated heterocycles. The predicted octanol–water partition coefficient (Wildman–Crippen LogP) is 11.5. The van der Waals surface area contributed by atoms with Crippen molar-refractivity contribution in [3.63, 3.8) is 0 Å². The van der Waals surface area contributed by atoms with E-state index >= 15 is 0 Å². The number of rotatable bonds is 6. The van der Waals surface area contributed by atoms with Gasteiger partial charge in [0.1, 0.15) is 11.3 Å². The molecule has 210 valence electrons. The standard InChI is InChI=1S/C42H31NO/c1-4-12-30(13-5-1)32-20-24-35(25-21-32)43(36-26-22-33(23-27-36)31-14-6-2-7-15-31)39-29-28-37(34-16-8-3-9-17-34)41-38-18-10-11-19-40(38)44-42(39)41/h1-28,39H,29H2. The van der Waals surface area contributed by atoms with Crippen LogP contribution >= 0.6 is 0 Å². The lowest BCUT2D eigenvalue weighted by Gasteiger charge is -2.35. The Morgan fingerprint density at radius 1 is 0.455 bits per heavy atom. The maximum Gasteiger partial charge on any atom is 0.136 e. The van der Waals surface area contributed by atoms with Gasteiger partial charge in [-0.1, -0.05) is 140 Å². The Balaban J connectivity index is 1.27. The SMILES string of the molecule is C1=C(c2ccccc2)c2c(oc3ccccc23)C(N(c2ccc(-c3ccccc3)cc2)c2ccc(-c3ccccc3)cc2)C1. The molecule has 7 aromatic rings. The molecule has 0 radical (unpaired) electrons. The number of hydrogen-bond donors (Lipinski definition) is 0. The number of furan rings is 1. The van der Waals surface area contributed by atoms with Gasteiger partial charge in [0.25, 0.3) is 0 Å². The van der Waals surface area contributed by atoms with E-state index in [-0.39, 0.29) is 6.04 Å². The first-order valence-electron chi connectivity index (χ1n) is 15.2. The molecule has 1 atom stereocenters. The molecule has 0 amide bonds. The van der Waals surface area contributed by atoms with Gasteiger partial charge >= 0.3 is 0 Å². The highest BCUT2D eigenvalue weighted by Crippen LogP contribution is 2.48. The van der Waals surface area contributed by atoms with E-state index in [9.17, 15) is 0 Å². The topological polar surface area (TPSA) is 16.4 Å². The molecule has 1 aromatic heterocycles. The van der Waals surface area contributed by atoms with Gasteiger partial charge in [0, 0.05) is 22.3 Å². The Hall–Kier alpha value is -5.60. The van der Waals surface area contributed by atoms with Crippen molar-refractivity contribution in [2.45, 2.75) is 12.5 Å². The Labute approximate surface area is 258 Å². The van der Waals surface area contributed by atoms with Crippen LogP contribution in [0.5, 0.6) is 0 Å². The summed E-state index contributed by atoms with van der Waals surface area (Å²) in [5, 5.41) is 1.15. The van der Waals surface area contributed by atoms with E-state index in [1.165, 1.54) is 39.0 Å². The molecule has 8 rings (SSSR count). The quantitative estimate of drug-likeness (QED) is 0.199. The molecule has 1 aliphatic rings. The average Bonchev–Trinajstić information content (AvgIpc) is 3.50. The van der Waals surface area contributed by atoms with Crippen LogP contribution in [-0.2, 0) is 0 Å². The molecule has 0 N–H and O–H groups in total. The summed E-state index contributed by atoms with van der Waals surface area (Å²) >= 11 is 0. The number of hydrogen-bond acceptors (Lipinski definition) is 2. The first kappa shape index (κ1) is 26.1. The van der Waals surface area contributed by atoms with Crippen molar-refractivity contribution >= 4 is 27.9 Å². The highest BCUT2D eigenvalue weighted by molar-refractivity contribution is 5.98. The summed E-state index contributed by atoms with van der Waals surface area (Å²) in [6.07, 6.45) is 3.21. The average molecular weight is 566 g/mol. The number of anilines is 2. The second kappa shape index (κ2) is 11.2. The van der Waals surface area contributed by atoms with Gasteiger partial charge in [-0.2, -0.15) is 0 Å². The third-order valence-corrected chi connectivity index (χ3v) is 8.64. The zero-order valence-corrected chi connectivity index (χ0v) is 24.3. The van der Waals surface area contributed by atoms with Gasteiger partial charge in [0.2, 0.25) is 0 Å². The zero-order valence-electron chi connectivity index (χ0n) is 24.3. The summed E-state index contributed by atoms with van der Waals surface area (Å²) in [7, 11) is 0. The van der Waals surface area contributed by atoms with Gasteiger partial charge in [-0.25, -0.2) is 0 Å². The number of nitrogens with zero attached hydrogens (tertiary/aromatic N) is 1. The van der Waals surface area contributed by atoms with E-state index in [0.29, 0.717) is 0 Å². The van der Waals surface area contributed by atoms with E-state index in [1.54, 1.807) is 0 Å². The lowest BCUT2D eigenvalue weighted by Crippen LogP contribution is -2.25. The minimum Gasteiger partial charge on any atom is -0.458 e. The smallest absolute Gasteiger partial charge is 0.136 e. The van der Waals surface area contributed by atoms with Crippen LogP contribution in [0, 0.1) is 0 Å². The monoisotopic (exact) mass is 565 g/mol. The Morgan fingerprint density at radius 2 is 0.909 bits per heavy atom. The summed E-state index contributed by atoms with van der Waals surface area (Å²) < 4.78 is 6.78. The fourth-order valence-electron chi connectivity index (χ4n) is 6.52. The Bertz CT molecular complexity index is 1970. The highest BCUT2D eigenvalue weighted by Gasteiger charge is 2.33. The molecule has 1 aliphatic carbocycles. The van der Waals surface area contributed by atoms with Crippen LogP contribution in [0.15, 0.2) is 174 Å². The van der Waals surface area contributed by atoms with E-state index in [4.69, 9.17) is 4.42 Å². The molecular weight excluding hydrogens is 534 g/mol. The van der Waals surface area contributed by atoms with E-state index in [1.807, 2.05) is 0 Å². The second-order valence-corrected chi connectivity index (χ2v) is 11.3. The maximum atomic E-state index is 6.78. The molecule has 0 fully saturated rings. The van der Waals surface area contributed by atoms with Gasteiger partial charge < -0.3 is 9.32 Å². The van der Waals surface area contributed by atoms with Crippen molar-refractivity contribution in [2.75, 3.05) is 4.90 Å². The van der Waals surface area contributed by atoms with Crippen LogP contribution in [0.4, 0.5) is 11.4 Å². The van der Waals surface area contributed by atoms with Crippen molar-refractivity contribution < 1.29 is 4.42 Å². The molecule has 2 nitrogen and oxygen atoms in total. The maximum absolute atomic E-state index is 6.78. The van der Waals surface area contributed by atoms with Crippen LogP contribution in [0.2, 0.25) is 0 Å². The molecule has 2 heteroatoms. The predicted molar refractivity (Wildman–Crippen MR) is 183 cm³/mol. The minimum absolute atomic E-state index is 0.0185. The number of benzene rings is 6. The highest BCUT2D eigenvalue weighted by atomic mass is 16.3. The van der Waals surface area contributed by atoms with Crippen LogP contribution < -0.4 is 4.90 Å². The second-order valence-electron chi connectivity index (χ2n) is 11.3. The fourth-order valence-corrected chi connectivity index (χ4v) is 6.52. The summed E-state index contributed by atoms with van der Waals surface area (Å²) in [5.41, 5.74) is 11.7. The first-order chi connectivity index (χ1) is 21.8. The van der Waals surface area contributed by atoms with Gasteiger partial charge in [0.15, 0.2) is 0 Å². The molecule has 1 heterocycles. The minimum atomic E-state index is -0.0185. The molecule has 0 saturated carbocycles. The van der Waals surface area contributed by atoms with Crippen LogP contribution in [-0.4, -0.2) is 0 Å². The molecule has 0 bridgehead atoms. The van der Waals surface area contributed by atoms with Crippen molar-refractivity contribution in [3.8, 4) is 22.3 Å². The molecule has 0 spiro atoms. The van der Waals surface area contributed by atoms with Gasteiger partial charge in [-0.3, -0.25) is 0 Å². The third-order valence-electron chi connectivity index (χ3n) is 8.64. The van der Waals surface area contributed by atoms with E-state index in [0.717, 1.165) is 34.5 Å². The third kappa shape index (κ3) is 4.71. The lowest BCUT2D eigenvalue weighted by molar-refractivity contribution is 0.488. The van der Waals surface area contributed by atoms with Crippen LogP contribution in [0.1, 0.15) is 29.3 Å². The molecule has 0 aliphatic heterocycles. The van der Waals surface area contributed by atoms with Gasteiger partial charge in [-0.15, -0.1) is 0 Å². The van der Waals surface area contributed by atoms with Crippen molar-refractivity contribution in [3.05, 3.63) is 187 Å². The first-order valence-corrected chi connectivity index (χ1v) is 15.2. The zero-order chi connectivity index (χ0) is 29.3. The van der Waals surface area contributed by atoms with E-state index in [2.05, 4.69) is 175 Å². The molecular formula is C42H31NO. The summed E-state index contributed by atoms with van der Waals surface area (Å²) in [4.78, 5) is 2.45. The number of para-hydroxylation sites is 1. The van der Waals surface area contributed by atoms with Crippen LogP contribution in [0.3, 0.4) is 0 Å². The van der Waals surface area contributed by atoms with Gasteiger partial charge in [-0.05, 0) is 70.1 Å². The van der Waals surface area contributed by atoms with Crippen molar-refractivity contribution in [2.24, 2.45) is 0 Å². The Kier molecular flexibility index (Phi) is 6.66. The number of fused-ring (bicyclic) bond motifs is 3. The summed E-state index contributed by atoms with van der Waals surface area (Å²) in [6, 6.07) is 58.1. The molecule has 1 unspecified atom stereocenters. The van der Waals surface area contributed by atoms with Crippen molar-refractivity contribution in [1.82, 2.24) is 0 Å². The molecule has 6 aromatic carbocycles. The van der Waals surface area contributed by atoms with Gasteiger partial charge in [0.05, 0.1) is 6.04 Å². The lowest BCUT2D eigenvalue weighted by atomic mass is 9.86.